The number of hydrogen-bond donors (Lipinski definition) is 3. The normalized spacial score (nSPS) is 23.8. The molecule has 4 rings (SSSR count). The summed E-state index contributed by atoms with van der Waals surface area (Å²) in [6, 6.07) is 3.47. The molecule has 2 heterocycles. The van der Waals surface area contributed by atoms with E-state index in [1.54, 1.807) is 0 Å². The van der Waals surface area contributed by atoms with Gasteiger partial charge in [0, 0.05) is 31.4 Å². The molecule has 202 valence electrons. The Morgan fingerprint density at radius 3 is 2.57 bits per heavy atom. The number of alkyl halides is 3. The first-order valence-corrected chi connectivity index (χ1v) is 12.5. The summed E-state index contributed by atoms with van der Waals surface area (Å²) in [6.07, 6.45) is -0.567. The Kier molecular flexibility index (Phi) is 7.88. The smallest absolute Gasteiger partial charge is 0.416 e. The molecule has 0 bridgehead atoms. The number of nitrogens with zero attached hydrogens (tertiary/aromatic N) is 3. The number of amides is 1. The molecule has 1 aromatic heterocycles. The van der Waals surface area contributed by atoms with Crippen LogP contribution in [0.3, 0.4) is 0 Å². The van der Waals surface area contributed by atoms with Gasteiger partial charge in [-0.1, -0.05) is 6.92 Å². The molecule has 2 fully saturated rings. The molecule has 3 N–H and O–H groups in total. The summed E-state index contributed by atoms with van der Waals surface area (Å²) in [7, 11) is 0. The second-order valence-electron chi connectivity index (χ2n) is 9.86. The number of anilines is 1. The number of aromatic nitrogens is 2. The zero-order valence-corrected chi connectivity index (χ0v) is 20.8. The van der Waals surface area contributed by atoms with Crippen molar-refractivity contribution < 1.29 is 32.6 Å². The topological polar surface area (TPSA) is 117 Å². The lowest BCUT2D eigenvalue weighted by Crippen LogP contribution is -2.64. The van der Waals surface area contributed by atoms with Crippen LogP contribution >= 0.6 is 0 Å². The predicted molar refractivity (Wildman–Crippen MR) is 130 cm³/mol. The highest BCUT2D eigenvalue weighted by atomic mass is 19.4. The quantitative estimate of drug-likeness (QED) is 0.453. The van der Waals surface area contributed by atoms with Gasteiger partial charge in [0.25, 0.3) is 0 Å². The average Bonchev–Trinajstić information content (AvgIpc) is 2.83. The Balaban J connectivity index is 1.24. The fourth-order valence-electron chi connectivity index (χ4n) is 5.28. The molecule has 2 aliphatic rings. The van der Waals surface area contributed by atoms with Gasteiger partial charge in [0.05, 0.1) is 23.7 Å². The second kappa shape index (κ2) is 10.8. The predicted octanol–water partition coefficient (Wildman–Crippen LogP) is 2.88. The summed E-state index contributed by atoms with van der Waals surface area (Å²) in [4.78, 5) is 34.1. The Hall–Kier alpha value is -2.99. The van der Waals surface area contributed by atoms with E-state index >= 15 is 0 Å². The summed E-state index contributed by atoms with van der Waals surface area (Å²) >= 11 is 0. The largest absolute Gasteiger partial charge is 0.460 e. The van der Waals surface area contributed by atoms with Gasteiger partial charge in [0.1, 0.15) is 23.9 Å². The number of esters is 1. The van der Waals surface area contributed by atoms with Crippen LogP contribution < -0.4 is 10.6 Å². The zero-order chi connectivity index (χ0) is 26.8. The molecule has 1 unspecified atom stereocenters. The Morgan fingerprint density at radius 1 is 1.24 bits per heavy atom. The highest BCUT2D eigenvalue weighted by Gasteiger charge is 2.44. The van der Waals surface area contributed by atoms with Crippen LogP contribution in [0.4, 0.5) is 19.0 Å². The number of halogens is 3. The highest BCUT2D eigenvalue weighted by molar-refractivity contribution is 5.91. The lowest BCUT2D eigenvalue weighted by molar-refractivity contribution is -0.170. The summed E-state index contributed by atoms with van der Waals surface area (Å²) < 4.78 is 44.6. The first-order valence-electron chi connectivity index (χ1n) is 12.5. The lowest BCUT2D eigenvalue weighted by Gasteiger charge is -2.49. The van der Waals surface area contributed by atoms with Crippen LogP contribution in [0.1, 0.15) is 51.5 Å². The highest BCUT2D eigenvalue weighted by Crippen LogP contribution is 2.37. The number of benzene rings is 1. The van der Waals surface area contributed by atoms with Crippen LogP contribution in [-0.2, 0) is 20.5 Å². The molecule has 12 heteroatoms. The van der Waals surface area contributed by atoms with E-state index in [0.29, 0.717) is 37.9 Å². The van der Waals surface area contributed by atoms with Crippen LogP contribution in [0.2, 0.25) is 0 Å². The molecular weight excluding hydrogens is 491 g/mol. The van der Waals surface area contributed by atoms with Crippen molar-refractivity contribution >= 4 is 28.6 Å². The molecule has 1 amide bonds. The number of ether oxygens (including phenoxy) is 1. The SMILES string of the molecule is CCC(OC(C)=O)[C@]1(O)CC[C@H](N2CC(NC(=O)CNc3ncnc4ccc(C(F)(F)F)cc34)C2)CC1. The third-order valence-electron chi connectivity index (χ3n) is 7.27. The average molecular weight is 524 g/mol. The maximum atomic E-state index is 13.1. The number of rotatable bonds is 8. The van der Waals surface area contributed by atoms with E-state index in [1.807, 2.05) is 6.92 Å². The van der Waals surface area contributed by atoms with Gasteiger partial charge in [-0.3, -0.25) is 14.5 Å². The van der Waals surface area contributed by atoms with Crippen LogP contribution in [0.25, 0.3) is 10.9 Å². The van der Waals surface area contributed by atoms with Crippen LogP contribution in [-0.4, -0.2) is 75.3 Å². The first kappa shape index (κ1) is 27.1. The second-order valence-corrected chi connectivity index (χ2v) is 9.86. The first-order chi connectivity index (χ1) is 17.5. The van der Waals surface area contributed by atoms with Gasteiger partial charge in [0.15, 0.2) is 0 Å². The maximum Gasteiger partial charge on any atom is 0.416 e. The van der Waals surface area contributed by atoms with Gasteiger partial charge in [-0.05, 0) is 50.3 Å². The summed E-state index contributed by atoms with van der Waals surface area (Å²) in [5, 5.41) is 16.9. The molecule has 0 radical (unpaired) electrons. The fourth-order valence-corrected chi connectivity index (χ4v) is 5.28. The van der Waals surface area contributed by atoms with Crippen molar-refractivity contribution in [2.24, 2.45) is 0 Å². The molecule has 2 aromatic rings. The van der Waals surface area contributed by atoms with Crippen molar-refractivity contribution in [3.05, 3.63) is 30.1 Å². The van der Waals surface area contributed by atoms with Crippen molar-refractivity contribution in [1.82, 2.24) is 20.2 Å². The summed E-state index contributed by atoms with van der Waals surface area (Å²) in [5.74, 6) is -0.513. The standard InChI is InChI=1S/C25H32F3N5O4/c1-3-21(37-15(2)34)24(36)8-6-18(7-9-24)33-12-17(13-33)32-22(35)11-29-23-19-10-16(25(26,27)28)4-5-20(19)30-14-31-23/h4-5,10,14,17-18,21,36H,3,6-9,11-13H2,1-2H3,(H,32,35)(H,29,30,31)/t18-,21?,24-. The Labute approximate surface area is 212 Å². The van der Waals surface area contributed by atoms with Gasteiger partial charge >= 0.3 is 12.1 Å². The minimum absolute atomic E-state index is 0.0291. The minimum Gasteiger partial charge on any atom is -0.460 e. The fraction of sp³-hybridized carbons (Fsp3) is 0.600. The van der Waals surface area contributed by atoms with Gasteiger partial charge < -0.3 is 20.5 Å². The monoisotopic (exact) mass is 523 g/mol. The van der Waals surface area contributed by atoms with Crippen LogP contribution in [0, 0.1) is 0 Å². The maximum absolute atomic E-state index is 13.1. The molecule has 37 heavy (non-hydrogen) atoms. The molecular formula is C25H32F3N5O4. The van der Waals surface area contributed by atoms with Crippen LogP contribution in [0.5, 0.6) is 0 Å². The lowest BCUT2D eigenvalue weighted by atomic mass is 9.76. The third-order valence-corrected chi connectivity index (χ3v) is 7.27. The van der Waals surface area contributed by atoms with Crippen molar-refractivity contribution in [1.29, 1.82) is 0 Å². The van der Waals surface area contributed by atoms with E-state index in [4.69, 9.17) is 4.74 Å². The van der Waals surface area contributed by atoms with Gasteiger partial charge in [-0.15, -0.1) is 0 Å². The summed E-state index contributed by atoms with van der Waals surface area (Å²) in [6.45, 7) is 4.47. The van der Waals surface area contributed by atoms with E-state index in [-0.39, 0.29) is 35.7 Å². The summed E-state index contributed by atoms with van der Waals surface area (Å²) in [5.41, 5.74) is -1.47. The molecule has 1 saturated carbocycles. The number of carbonyl (C=O) groups excluding carboxylic acids is 2. The molecule has 1 aliphatic carbocycles. The van der Waals surface area contributed by atoms with E-state index in [0.717, 1.165) is 25.0 Å². The van der Waals surface area contributed by atoms with Crippen LogP contribution in [0.15, 0.2) is 24.5 Å². The number of likely N-dealkylation sites (tertiary alicyclic amines) is 1. The Morgan fingerprint density at radius 2 is 1.95 bits per heavy atom. The zero-order valence-electron chi connectivity index (χ0n) is 20.8. The van der Waals surface area contributed by atoms with E-state index in [9.17, 15) is 27.9 Å². The van der Waals surface area contributed by atoms with E-state index < -0.39 is 29.4 Å². The molecule has 1 aromatic carbocycles. The molecule has 0 spiro atoms. The molecule has 1 aliphatic heterocycles. The van der Waals surface area contributed by atoms with Crippen molar-refractivity contribution in [2.75, 3.05) is 25.0 Å². The Bertz CT molecular complexity index is 1130. The molecule has 9 nitrogen and oxygen atoms in total. The van der Waals surface area contributed by atoms with Crippen molar-refractivity contribution in [3.63, 3.8) is 0 Å². The number of aliphatic hydroxyl groups is 1. The van der Waals surface area contributed by atoms with Crippen molar-refractivity contribution in [2.45, 2.75) is 75.9 Å². The van der Waals surface area contributed by atoms with Gasteiger partial charge in [0.2, 0.25) is 5.91 Å². The van der Waals surface area contributed by atoms with Gasteiger partial charge in [-0.2, -0.15) is 13.2 Å². The number of fused-ring (bicyclic) bond motifs is 1. The van der Waals surface area contributed by atoms with E-state index in [1.165, 1.54) is 19.3 Å². The number of carbonyl (C=O) groups is 2. The third kappa shape index (κ3) is 6.30. The minimum atomic E-state index is -4.49. The molecule has 1 atom stereocenters. The number of hydrogen-bond acceptors (Lipinski definition) is 8. The van der Waals surface area contributed by atoms with Crippen molar-refractivity contribution in [3.8, 4) is 0 Å². The molecule has 1 saturated heterocycles. The number of nitrogens with one attached hydrogen (secondary N) is 2. The van der Waals surface area contributed by atoms with Gasteiger partial charge in [-0.25, -0.2) is 9.97 Å². The van der Waals surface area contributed by atoms with E-state index in [2.05, 4.69) is 25.5 Å².